The Morgan fingerprint density at radius 2 is 1.92 bits per heavy atom. The van der Waals surface area contributed by atoms with Gasteiger partial charge in [-0.3, -0.25) is 9.59 Å². The van der Waals surface area contributed by atoms with Crippen molar-refractivity contribution in [2.45, 2.75) is 44.6 Å². The highest BCUT2D eigenvalue weighted by Crippen LogP contribution is 2.36. The topological polar surface area (TPSA) is 68.2 Å². The molecule has 1 heterocycles. The third-order valence-electron chi connectivity index (χ3n) is 5.38. The van der Waals surface area contributed by atoms with Gasteiger partial charge in [-0.15, -0.1) is 6.58 Å². The Kier molecular flexibility index (Phi) is 7.06. The predicted octanol–water partition coefficient (Wildman–Crippen LogP) is 1.07. The molecule has 0 atom stereocenters. The fourth-order valence-corrected chi connectivity index (χ4v) is 4.00. The van der Waals surface area contributed by atoms with Gasteiger partial charge in [-0.2, -0.15) is 0 Å². The van der Waals surface area contributed by atoms with Crippen LogP contribution in [0.5, 0.6) is 0 Å². The Morgan fingerprint density at radius 3 is 2.50 bits per heavy atom. The molecule has 1 spiro atoms. The van der Waals surface area contributed by atoms with E-state index < -0.39 is 0 Å². The van der Waals surface area contributed by atoms with Gasteiger partial charge in [-0.05, 0) is 12.8 Å². The van der Waals surface area contributed by atoms with E-state index >= 15 is 0 Å². The van der Waals surface area contributed by atoms with Crippen molar-refractivity contribution in [3.8, 4) is 0 Å². The molecule has 0 aromatic carbocycles. The smallest absolute Gasteiger partial charge is 0.243 e. The molecule has 0 unspecified atom stereocenters. The van der Waals surface area contributed by atoms with Gasteiger partial charge >= 0.3 is 0 Å². The molecule has 2 aliphatic rings. The summed E-state index contributed by atoms with van der Waals surface area (Å²) in [6.07, 6.45) is 7.40. The quantitative estimate of drug-likeness (QED) is 0.461. The second kappa shape index (κ2) is 9.05. The zero-order valence-electron chi connectivity index (χ0n) is 16.5. The fraction of sp³-hybridized carbons (Fsp3) is 0.737. The molecule has 0 bridgehead atoms. The van der Waals surface area contributed by atoms with Gasteiger partial charge in [-0.25, -0.2) is 4.99 Å². The Balaban J connectivity index is 2.19. The monoisotopic (exact) mass is 363 g/mol. The van der Waals surface area contributed by atoms with E-state index in [2.05, 4.69) is 26.7 Å². The van der Waals surface area contributed by atoms with Crippen molar-refractivity contribution in [1.29, 1.82) is 0 Å². The largest absolute Gasteiger partial charge is 0.353 e. The van der Waals surface area contributed by atoms with Crippen LogP contribution in [0.15, 0.2) is 17.6 Å². The Bertz CT molecular complexity index is 552. The molecule has 2 amide bonds. The summed E-state index contributed by atoms with van der Waals surface area (Å²) in [5.74, 6) is 0.859. The molecule has 1 saturated heterocycles. The van der Waals surface area contributed by atoms with E-state index in [4.69, 9.17) is 0 Å². The highest BCUT2D eigenvalue weighted by atomic mass is 16.2. The normalized spacial score (nSPS) is 20.0. The number of carbonyl (C=O) groups excluding carboxylic acids is 2. The van der Waals surface area contributed by atoms with Crippen molar-refractivity contribution >= 4 is 17.8 Å². The van der Waals surface area contributed by atoms with E-state index in [0.29, 0.717) is 13.1 Å². The minimum atomic E-state index is -0.107. The number of guanidine groups is 1. The lowest BCUT2D eigenvalue weighted by Gasteiger charge is -2.53. The average Bonchev–Trinajstić information content (AvgIpc) is 2.61. The maximum atomic E-state index is 12.2. The van der Waals surface area contributed by atoms with Crippen molar-refractivity contribution < 1.29 is 9.59 Å². The van der Waals surface area contributed by atoms with Gasteiger partial charge in [0.2, 0.25) is 11.8 Å². The average molecular weight is 364 g/mol. The molecule has 2 fully saturated rings. The van der Waals surface area contributed by atoms with Crippen molar-refractivity contribution in [2.75, 3.05) is 46.8 Å². The van der Waals surface area contributed by atoms with E-state index in [9.17, 15) is 9.59 Å². The van der Waals surface area contributed by atoms with E-state index in [1.54, 1.807) is 32.0 Å². The van der Waals surface area contributed by atoms with Gasteiger partial charge in [0.05, 0.1) is 5.54 Å². The second-order valence-corrected chi connectivity index (χ2v) is 7.47. The Morgan fingerprint density at radius 1 is 1.23 bits per heavy atom. The lowest BCUT2D eigenvalue weighted by atomic mass is 9.78. The molecule has 146 valence electrons. The van der Waals surface area contributed by atoms with Crippen molar-refractivity contribution in [1.82, 2.24) is 20.0 Å². The molecule has 0 radical (unpaired) electrons. The van der Waals surface area contributed by atoms with E-state index in [1.807, 2.05) is 0 Å². The first-order valence-electron chi connectivity index (χ1n) is 9.52. The number of rotatable bonds is 4. The minimum absolute atomic E-state index is 0.0299. The first-order valence-corrected chi connectivity index (χ1v) is 9.52. The third kappa shape index (κ3) is 4.77. The first kappa shape index (κ1) is 20.3. The van der Waals surface area contributed by atoms with Crippen LogP contribution in [0, 0.1) is 0 Å². The summed E-state index contributed by atoms with van der Waals surface area (Å²) in [7, 11) is 3.47. The summed E-state index contributed by atoms with van der Waals surface area (Å²) in [5, 5.41) is 3.28. The van der Waals surface area contributed by atoms with Gasteiger partial charge < -0.3 is 20.0 Å². The van der Waals surface area contributed by atoms with E-state index in [-0.39, 0.29) is 23.9 Å². The van der Waals surface area contributed by atoms with Gasteiger partial charge in [0.15, 0.2) is 5.96 Å². The number of aliphatic imine (C=N–C) groups is 1. The molecule has 1 aliphatic heterocycles. The molecular weight excluding hydrogens is 330 g/mol. The Hall–Kier alpha value is -2.05. The number of piperazine rings is 1. The lowest BCUT2D eigenvalue weighted by Crippen LogP contribution is -2.66. The van der Waals surface area contributed by atoms with Gasteiger partial charge in [0.25, 0.3) is 0 Å². The molecular formula is C19H33N5O2. The molecule has 7 nitrogen and oxygen atoms in total. The van der Waals surface area contributed by atoms with E-state index in [1.165, 1.54) is 6.42 Å². The zero-order valence-corrected chi connectivity index (χ0v) is 16.5. The van der Waals surface area contributed by atoms with Crippen LogP contribution < -0.4 is 5.32 Å². The maximum absolute atomic E-state index is 12.2. The number of nitrogens with zero attached hydrogens (tertiary/aromatic N) is 4. The summed E-state index contributed by atoms with van der Waals surface area (Å²) in [6, 6.07) is 0. The summed E-state index contributed by atoms with van der Waals surface area (Å²) >= 11 is 0. The van der Waals surface area contributed by atoms with Crippen LogP contribution >= 0.6 is 0 Å². The van der Waals surface area contributed by atoms with Crippen LogP contribution in [-0.4, -0.2) is 84.8 Å². The van der Waals surface area contributed by atoms with Gasteiger partial charge in [0.1, 0.15) is 6.54 Å². The minimum Gasteiger partial charge on any atom is -0.353 e. The SMILES string of the molecule is C=CCNC(=NCC(=O)N(C)C)N1CCN(C(C)=O)C2(CCCCC2)C1. The second-order valence-electron chi connectivity index (χ2n) is 7.47. The molecule has 26 heavy (non-hydrogen) atoms. The van der Waals surface area contributed by atoms with Crippen molar-refractivity contribution in [3.05, 3.63) is 12.7 Å². The molecule has 1 saturated carbocycles. The maximum Gasteiger partial charge on any atom is 0.243 e. The molecule has 1 N–H and O–H groups in total. The summed E-state index contributed by atoms with van der Waals surface area (Å²) in [6.45, 7) is 8.33. The van der Waals surface area contributed by atoms with Crippen molar-refractivity contribution in [2.24, 2.45) is 4.99 Å². The standard InChI is InChI=1S/C19H33N5O2/c1-5-11-20-18(21-14-17(26)22(3)4)23-12-13-24(16(2)25)19(15-23)9-7-6-8-10-19/h5H,1,6-15H2,2-4H3,(H,20,21). The number of carbonyl (C=O) groups is 2. The van der Waals surface area contributed by atoms with Crippen LogP contribution in [0.1, 0.15) is 39.0 Å². The summed E-state index contributed by atoms with van der Waals surface area (Å²) < 4.78 is 0. The van der Waals surface area contributed by atoms with Crippen LogP contribution in [0.25, 0.3) is 0 Å². The lowest BCUT2D eigenvalue weighted by molar-refractivity contribution is -0.140. The van der Waals surface area contributed by atoms with E-state index in [0.717, 1.165) is 44.7 Å². The van der Waals surface area contributed by atoms with Gasteiger partial charge in [-0.1, -0.05) is 25.3 Å². The highest BCUT2D eigenvalue weighted by molar-refractivity contribution is 5.85. The molecule has 1 aliphatic carbocycles. The highest BCUT2D eigenvalue weighted by Gasteiger charge is 2.44. The molecule has 0 aromatic heterocycles. The summed E-state index contributed by atoms with van der Waals surface area (Å²) in [4.78, 5) is 34.5. The summed E-state index contributed by atoms with van der Waals surface area (Å²) in [5.41, 5.74) is -0.107. The fourth-order valence-electron chi connectivity index (χ4n) is 4.00. The van der Waals surface area contributed by atoms with Crippen LogP contribution in [0.3, 0.4) is 0 Å². The number of hydrogen-bond acceptors (Lipinski definition) is 3. The van der Waals surface area contributed by atoms with Crippen molar-refractivity contribution in [3.63, 3.8) is 0 Å². The number of nitrogens with one attached hydrogen (secondary N) is 1. The van der Waals surface area contributed by atoms with Crippen LogP contribution in [-0.2, 0) is 9.59 Å². The van der Waals surface area contributed by atoms with Crippen LogP contribution in [0.4, 0.5) is 0 Å². The van der Waals surface area contributed by atoms with Gasteiger partial charge in [0, 0.05) is 47.2 Å². The predicted molar refractivity (Wildman–Crippen MR) is 104 cm³/mol. The number of amides is 2. The molecule has 0 aromatic rings. The first-order chi connectivity index (χ1) is 12.4. The molecule has 2 rings (SSSR count). The Labute approximate surface area is 157 Å². The molecule has 7 heteroatoms. The van der Waals surface area contributed by atoms with Crippen LogP contribution in [0.2, 0.25) is 0 Å². The number of likely N-dealkylation sites (N-methyl/N-ethyl adjacent to an activating group) is 1. The zero-order chi connectivity index (χ0) is 19.2. The number of hydrogen-bond donors (Lipinski definition) is 1. The third-order valence-corrected chi connectivity index (χ3v) is 5.38.